The molecule has 0 bridgehead atoms. The zero-order valence-electron chi connectivity index (χ0n) is 10.9. The lowest BCUT2D eigenvalue weighted by Gasteiger charge is -2.35. The number of piperidine rings is 1. The van der Waals surface area contributed by atoms with Crippen LogP contribution in [0.2, 0.25) is 0 Å². The fraction of sp³-hybridized carbons (Fsp3) is 1.00. The molecule has 0 spiro atoms. The van der Waals surface area contributed by atoms with Crippen LogP contribution in [0, 0.1) is 5.41 Å². The maximum Gasteiger partial charge on any atom is 0.00672 e. The highest BCUT2D eigenvalue weighted by Crippen LogP contribution is 2.27. The molecular weight excluding hydrogens is 196 g/mol. The minimum atomic E-state index is 0.553. The van der Waals surface area contributed by atoms with Gasteiger partial charge in [0.2, 0.25) is 0 Å². The van der Waals surface area contributed by atoms with Gasteiger partial charge in [0.25, 0.3) is 0 Å². The Morgan fingerprint density at radius 1 is 1.06 bits per heavy atom. The molecule has 0 amide bonds. The summed E-state index contributed by atoms with van der Waals surface area (Å²) in [6.45, 7) is 6.11. The Morgan fingerprint density at radius 3 is 2.31 bits per heavy atom. The number of hydrogen-bond donors (Lipinski definition) is 2. The van der Waals surface area contributed by atoms with Gasteiger partial charge in [-0.3, -0.25) is 0 Å². The monoisotopic (exact) mass is 224 g/mol. The molecule has 0 atom stereocenters. The van der Waals surface area contributed by atoms with Gasteiger partial charge in [0, 0.05) is 12.6 Å². The molecule has 0 radical (unpaired) electrons. The molecule has 1 aliphatic heterocycles. The van der Waals surface area contributed by atoms with Crippen molar-refractivity contribution in [2.45, 2.75) is 64.3 Å². The van der Waals surface area contributed by atoms with Gasteiger partial charge in [0.15, 0.2) is 0 Å². The van der Waals surface area contributed by atoms with Gasteiger partial charge in [-0.05, 0) is 44.2 Å². The SMILES string of the molecule is CC1(CNC2CCCCCC2)CCNCC1. The highest BCUT2D eigenvalue weighted by molar-refractivity contribution is 4.84. The summed E-state index contributed by atoms with van der Waals surface area (Å²) in [7, 11) is 0. The van der Waals surface area contributed by atoms with E-state index in [4.69, 9.17) is 0 Å². The highest BCUT2D eigenvalue weighted by atomic mass is 14.9. The van der Waals surface area contributed by atoms with Gasteiger partial charge in [0.1, 0.15) is 0 Å². The molecule has 1 aliphatic carbocycles. The molecule has 2 heteroatoms. The standard InChI is InChI=1S/C14H28N2/c1-14(8-10-15-11-9-14)12-16-13-6-4-2-3-5-7-13/h13,15-16H,2-12H2,1H3. The average Bonchev–Trinajstić information content (AvgIpc) is 2.56. The maximum absolute atomic E-state index is 3.84. The van der Waals surface area contributed by atoms with Gasteiger partial charge in [-0.15, -0.1) is 0 Å². The number of nitrogens with one attached hydrogen (secondary N) is 2. The van der Waals surface area contributed by atoms with Crippen LogP contribution in [0.15, 0.2) is 0 Å². The smallest absolute Gasteiger partial charge is 0.00672 e. The summed E-state index contributed by atoms with van der Waals surface area (Å²) < 4.78 is 0. The van der Waals surface area contributed by atoms with Gasteiger partial charge in [0.05, 0.1) is 0 Å². The largest absolute Gasteiger partial charge is 0.317 e. The van der Waals surface area contributed by atoms with Crippen LogP contribution < -0.4 is 10.6 Å². The quantitative estimate of drug-likeness (QED) is 0.720. The molecule has 16 heavy (non-hydrogen) atoms. The molecule has 0 aromatic rings. The van der Waals surface area contributed by atoms with E-state index in [1.54, 1.807) is 0 Å². The predicted octanol–water partition coefficient (Wildman–Crippen LogP) is 2.69. The van der Waals surface area contributed by atoms with Gasteiger partial charge in [-0.25, -0.2) is 0 Å². The van der Waals surface area contributed by atoms with Crippen LogP contribution in [-0.2, 0) is 0 Å². The first-order chi connectivity index (χ1) is 7.79. The number of rotatable bonds is 3. The summed E-state index contributed by atoms with van der Waals surface area (Å²) in [6.07, 6.45) is 11.3. The molecule has 2 fully saturated rings. The molecule has 2 rings (SSSR count). The minimum absolute atomic E-state index is 0.553. The third-order valence-electron chi connectivity index (χ3n) is 4.48. The van der Waals surface area contributed by atoms with Crippen molar-refractivity contribution in [2.75, 3.05) is 19.6 Å². The summed E-state index contributed by atoms with van der Waals surface area (Å²) in [5.41, 5.74) is 0.553. The second-order valence-electron chi connectivity index (χ2n) is 6.13. The first kappa shape index (κ1) is 12.4. The van der Waals surface area contributed by atoms with Crippen LogP contribution in [0.3, 0.4) is 0 Å². The fourth-order valence-electron chi connectivity index (χ4n) is 3.08. The first-order valence-electron chi connectivity index (χ1n) is 7.23. The van der Waals surface area contributed by atoms with E-state index in [0.29, 0.717) is 5.41 Å². The van der Waals surface area contributed by atoms with E-state index in [1.807, 2.05) is 0 Å². The molecule has 0 aromatic heterocycles. The second-order valence-corrected chi connectivity index (χ2v) is 6.13. The van der Waals surface area contributed by atoms with Gasteiger partial charge in [-0.1, -0.05) is 32.6 Å². The molecule has 2 N–H and O–H groups in total. The van der Waals surface area contributed by atoms with E-state index in [0.717, 1.165) is 6.04 Å². The van der Waals surface area contributed by atoms with Crippen molar-refractivity contribution in [1.82, 2.24) is 10.6 Å². The van der Waals surface area contributed by atoms with Crippen molar-refractivity contribution >= 4 is 0 Å². The third-order valence-corrected chi connectivity index (χ3v) is 4.48. The van der Waals surface area contributed by atoms with Crippen molar-refractivity contribution in [3.63, 3.8) is 0 Å². The van der Waals surface area contributed by atoms with E-state index in [2.05, 4.69) is 17.6 Å². The third kappa shape index (κ3) is 3.74. The average molecular weight is 224 g/mol. The first-order valence-corrected chi connectivity index (χ1v) is 7.23. The van der Waals surface area contributed by atoms with Gasteiger partial charge in [-0.2, -0.15) is 0 Å². The molecular formula is C14H28N2. The van der Waals surface area contributed by atoms with Crippen molar-refractivity contribution in [1.29, 1.82) is 0 Å². The normalized spacial score (nSPS) is 27.6. The number of hydrogen-bond acceptors (Lipinski definition) is 2. The zero-order chi connectivity index (χ0) is 11.3. The van der Waals surface area contributed by atoms with E-state index < -0.39 is 0 Å². The molecule has 1 saturated heterocycles. The summed E-state index contributed by atoms with van der Waals surface area (Å²) >= 11 is 0. The second kappa shape index (κ2) is 6.02. The zero-order valence-corrected chi connectivity index (χ0v) is 10.9. The van der Waals surface area contributed by atoms with Crippen LogP contribution >= 0.6 is 0 Å². The Morgan fingerprint density at radius 2 is 1.69 bits per heavy atom. The van der Waals surface area contributed by atoms with Crippen LogP contribution in [0.5, 0.6) is 0 Å². The van der Waals surface area contributed by atoms with Gasteiger partial charge >= 0.3 is 0 Å². The van der Waals surface area contributed by atoms with Crippen molar-refractivity contribution in [3.8, 4) is 0 Å². The minimum Gasteiger partial charge on any atom is -0.317 e. The van der Waals surface area contributed by atoms with E-state index in [-0.39, 0.29) is 0 Å². The summed E-state index contributed by atoms with van der Waals surface area (Å²) in [5.74, 6) is 0. The molecule has 0 aromatic carbocycles. The van der Waals surface area contributed by atoms with E-state index in [1.165, 1.54) is 71.0 Å². The topological polar surface area (TPSA) is 24.1 Å². The van der Waals surface area contributed by atoms with E-state index >= 15 is 0 Å². The van der Waals surface area contributed by atoms with Crippen molar-refractivity contribution < 1.29 is 0 Å². The Hall–Kier alpha value is -0.0800. The van der Waals surface area contributed by atoms with Crippen LogP contribution in [0.1, 0.15) is 58.3 Å². The Kier molecular flexibility index (Phi) is 4.66. The Balaban J connectivity index is 1.72. The van der Waals surface area contributed by atoms with Crippen LogP contribution in [-0.4, -0.2) is 25.7 Å². The predicted molar refractivity (Wildman–Crippen MR) is 69.7 cm³/mol. The molecule has 0 unspecified atom stereocenters. The van der Waals surface area contributed by atoms with Gasteiger partial charge < -0.3 is 10.6 Å². The lowest BCUT2D eigenvalue weighted by molar-refractivity contribution is 0.209. The van der Waals surface area contributed by atoms with Crippen LogP contribution in [0.4, 0.5) is 0 Å². The Labute approximate surface area is 101 Å². The maximum atomic E-state index is 3.84. The fourth-order valence-corrected chi connectivity index (χ4v) is 3.08. The van der Waals surface area contributed by atoms with Crippen molar-refractivity contribution in [2.24, 2.45) is 5.41 Å². The van der Waals surface area contributed by atoms with Crippen LogP contribution in [0.25, 0.3) is 0 Å². The molecule has 2 aliphatic rings. The van der Waals surface area contributed by atoms with E-state index in [9.17, 15) is 0 Å². The lowest BCUT2D eigenvalue weighted by atomic mass is 9.81. The molecule has 2 nitrogen and oxygen atoms in total. The highest BCUT2D eigenvalue weighted by Gasteiger charge is 2.27. The lowest BCUT2D eigenvalue weighted by Crippen LogP contribution is -2.44. The molecule has 1 heterocycles. The summed E-state index contributed by atoms with van der Waals surface area (Å²) in [5, 5.41) is 7.30. The molecule has 1 saturated carbocycles. The molecule has 94 valence electrons. The Bertz CT molecular complexity index is 189. The summed E-state index contributed by atoms with van der Waals surface area (Å²) in [6, 6.07) is 0.814. The van der Waals surface area contributed by atoms with Crippen molar-refractivity contribution in [3.05, 3.63) is 0 Å². The summed E-state index contributed by atoms with van der Waals surface area (Å²) in [4.78, 5) is 0.